The molecule has 0 unspecified atom stereocenters. The number of aromatic amines is 1. The van der Waals surface area contributed by atoms with E-state index in [1.807, 2.05) is 107 Å². The highest BCUT2D eigenvalue weighted by molar-refractivity contribution is 7.13. The van der Waals surface area contributed by atoms with Crippen molar-refractivity contribution >= 4 is 75.2 Å². The van der Waals surface area contributed by atoms with Crippen LogP contribution in [-0.4, -0.2) is 121 Å². The summed E-state index contributed by atoms with van der Waals surface area (Å²) in [6.45, 7) is 11.4. The first kappa shape index (κ1) is 61.3. The number of carbonyl (C=O) groups excluding carboxylic acids is 7. The molecule has 3 aliphatic rings. The lowest BCUT2D eigenvalue weighted by molar-refractivity contribution is -0.144. The van der Waals surface area contributed by atoms with E-state index in [2.05, 4.69) is 31.2 Å². The Morgan fingerprint density at radius 3 is 2.28 bits per heavy atom. The standard InChI is InChI=1S/C64H75N9O11S/c1-35(40-18-20-42(21-19-40)56-36(2)66-34-85-56)67-59(78)51-31-46(74)32-72(51)62(81)57(64(4,5)6)71-54(76)13-8-7-10-38-14-16-39(17-15-38)33-84-37(3)47(26-27-53(65)75)69-60(79)52-30-43-12-9-11-41-22-25-49(61(80)73(52)55(41)43)70-58(77)50-29-45-28-44(63(82)83)23-24-48(45)68-50/h9,11-12,14-21,23-24,28-29,34-35,37,46-47,49,51-52,57,68,74H,7-8,10,13,22,25-27,30-33H2,1-6H3,(H2,65,75)(H,67,78)(H,69,79)(H,70,77)(H,71,76)(H,82,83)/t35-,37+,46+,47-,49-,51-,52-,57+/m0/s1. The van der Waals surface area contributed by atoms with E-state index in [-0.39, 0.29) is 80.8 Å². The predicted octanol–water partition coefficient (Wildman–Crippen LogP) is 6.74. The van der Waals surface area contributed by atoms with Gasteiger partial charge >= 0.3 is 5.97 Å². The Hall–Kier alpha value is -8.27. The number of carboxylic acid groups (broad SMARTS) is 1. The number of carbonyl (C=O) groups is 8. The number of likely N-dealkylation sites (tertiary alicyclic amines) is 1. The Labute approximate surface area is 497 Å². The van der Waals surface area contributed by atoms with Crippen LogP contribution in [0.2, 0.25) is 0 Å². The molecular weight excluding hydrogens is 1100 g/mol. The van der Waals surface area contributed by atoms with Crippen LogP contribution in [0.5, 0.6) is 0 Å². The van der Waals surface area contributed by atoms with Gasteiger partial charge in [-0.2, -0.15) is 0 Å². The Morgan fingerprint density at radius 2 is 1.59 bits per heavy atom. The maximum absolute atomic E-state index is 14.5. The van der Waals surface area contributed by atoms with Crippen LogP contribution in [0.25, 0.3) is 21.3 Å². The third-order valence-electron chi connectivity index (χ3n) is 16.4. The second-order valence-electron chi connectivity index (χ2n) is 23.7. The van der Waals surface area contributed by atoms with Crippen LogP contribution in [0.4, 0.5) is 5.69 Å². The molecule has 1 saturated heterocycles. The number of para-hydroxylation sites is 1. The number of primary amides is 1. The minimum atomic E-state index is -1.10. The Morgan fingerprint density at radius 1 is 0.871 bits per heavy atom. The number of unbranched alkanes of at least 4 members (excludes halogenated alkanes) is 1. The molecule has 1 fully saturated rings. The molecule has 9 N–H and O–H groups in total. The highest BCUT2D eigenvalue weighted by atomic mass is 32.1. The van der Waals surface area contributed by atoms with Crippen LogP contribution in [0.15, 0.2) is 96.5 Å². The number of carboxylic acids is 1. The van der Waals surface area contributed by atoms with E-state index in [0.29, 0.717) is 42.3 Å². The quantitative estimate of drug-likeness (QED) is 0.0310. The first-order chi connectivity index (χ1) is 40.5. The number of aromatic nitrogens is 2. The van der Waals surface area contributed by atoms with Crippen LogP contribution in [0.3, 0.4) is 0 Å². The number of rotatable bonds is 23. The number of β-amino-alcohol motifs (C(OH)–C–C–N with tert-alkyl or cyclic N) is 1. The van der Waals surface area contributed by atoms with E-state index in [4.69, 9.17) is 10.5 Å². The fraction of sp³-hybridized carbons (Fsp3) is 0.422. The minimum absolute atomic E-state index is 0.0265. The SMILES string of the molecule is Cc1ncsc1-c1ccc([C@H](C)NC(=O)[C@@H]2C[C@@H](O)CN2C(=O)[C@@H](NC(=O)CCCCc2ccc(CO[C@H](C)[C@H](CCC(N)=O)NC(=O)[C@@H]3Cc4cccc5c4N3C(=O)[C@@H](NC(=O)c3cc4cc(C(=O)O)ccc4[nH]3)CC5)cc2)C(C)(C)C)cc1. The average molecular weight is 1180 g/mol. The summed E-state index contributed by atoms with van der Waals surface area (Å²) in [7, 11) is 0. The summed E-state index contributed by atoms with van der Waals surface area (Å²) >= 11 is 1.56. The van der Waals surface area contributed by atoms with Crippen LogP contribution < -0.4 is 31.9 Å². The molecule has 8 atom stereocenters. The summed E-state index contributed by atoms with van der Waals surface area (Å²) in [5.74, 6) is -4.20. The Kier molecular flexibility index (Phi) is 19.0. The number of aromatic carboxylic acids is 1. The van der Waals surface area contributed by atoms with Crippen molar-refractivity contribution in [3.63, 3.8) is 0 Å². The molecule has 2 aromatic heterocycles. The molecule has 448 valence electrons. The molecule has 4 aromatic carbocycles. The van der Waals surface area contributed by atoms with E-state index in [9.17, 15) is 48.6 Å². The highest BCUT2D eigenvalue weighted by Crippen LogP contribution is 2.40. The van der Waals surface area contributed by atoms with E-state index in [1.54, 1.807) is 24.3 Å². The third kappa shape index (κ3) is 14.5. The highest BCUT2D eigenvalue weighted by Gasteiger charge is 2.46. The van der Waals surface area contributed by atoms with Gasteiger partial charge in [-0.05, 0) is 122 Å². The summed E-state index contributed by atoms with van der Waals surface area (Å²) in [4.78, 5) is 119. The zero-order valence-electron chi connectivity index (χ0n) is 48.7. The zero-order valence-corrected chi connectivity index (χ0v) is 49.6. The van der Waals surface area contributed by atoms with Crippen molar-refractivity contribution in [2.24, 2.45) is 11.1 Å². The molecule has 21 heteroatoms. The third-order valence-corrected chi connectivity index (χ3v) is 17.4. The molecule has 0 saturated carbocycles. The van der Waals surface area contributed by atoms with E-state index >= 15 is 0 Å². The maximum atomic E-state index is 14.5. The predicted molar refractivity (Wildman–Crippen MR) is 321 cm³/mol. The van der Waals surface area contributed by atoms with Gasteiger partial charge in [-0.15, -0.1) is 11.3 Å². The van der Waals surface area contributed by atoms with Crippen molar-refractivity contribution in [1.82, 2.24) is 36.1 Å². The van der Waals surface area contributed by atoms with Gasteiger partial charge in [0, 0.05) is 43.1 Å². The summed E-state index contributed by atoms with van der Waals surface area (Å²) in [5.41, 5.74) is 14.6. The number of aliphatic hydroxyl groups excluding tert-OH is 1. The number of nitrogens with zero attached hydrogens (tertiary/aromatic N) is 3. The van der Waals surface area contributed by atoms with Gasteiger partial charge in [0.2, 0.25) is 35.4 Å². The molecule has 0 radical (unpaired) electrons. The second kappa shape index (κ2) is 26.3. The first-order valence-corrected chi connectivity index (χ1v) is 29.9. The number of hydrogen-bond donors (Lipinski definition) is 8. The normalized spacial score (nSPS) is 18.9. The molecule has 0 spiro atoms. The van der Waals surface area contributed by atoms with Gasteiger partial charge in [-0.3, -0.25) is 38.5 Å². The number of fused-ring (bicyclic) bond motifs is 1. The van der Waals surface area contributed by atoms with E-state index in [0.717, 1.165) is 44.0 Å². The number of hydrogen-bond acceptors (Lipinski definition) is 12. The van der Waals surface area contributed by atoms with Crippen LogP contribution in [0, 0.1) is 12.3 Å². The van der Waals surface area contributed by atoms with Crippen LogP contribution in [0.1, 0.15) is 140 Å². The molecular formula is C64H75N9O11S. The van der Waals surface area contributed by atoms with E-state index in [1.165, 1.54) is 28.0 Å². The number of H-pyrrole nitrogens is 1. The smallest absolute Gasteiger partial charge is 0.335 e. The van der Waals surface area contributed by atoms with Crippen molar-refractivity contribution in [3.05, 3.63) is 141 Å². The molecule has 3 aliphatic heterocycles. The summed E-state index contributed by atoms with van der Waals surface area (Å²) in [5, 5.41) is 32.6. The second-order valence-corrected chi connectivity index (χ2v) is 24.6. The maximum Gasteiger partial charge on any atom is 0.335 e. The lowest BCUT2D eigenvalue weighted by atomic mass is 9.85. The fourth-order valence-corrected chi connectivity index (χ4v) is 12.4. The number of aryl methyl sites for hydroxylation is 3. The lowest BCUT2D eigenvalue weighted by Gasteiger charge is -2.35. The number of amides is 7. The number of anilines is 1. The van der Waals surface area contributed by atoms with Crippen molar-refractivity contribution in [1.29, 1.82) is 0 Å². The monoisotopic (exact) mass is 1180 g/mol. The first-order valence-electron chi connectivity index (χ1n) is 29.0. The van der Waals surface area contributed by atoms with E-state index < -0.39 is 83.3 Å². The van der Waals surface area contributed by atoms with Crippen molar-refractivity contribution < 1.29 is 53.3 Å². The summed E-state index contributed by atoms with van der Waals surface area (Å²) < 4.78 is 6.32. The zero-order chi connectivity index (χ0) is 60.9. The molecule has 85 heavy (non-hydrogen) atoms. The molecule has 7 amide bonds. The Balaban J connectivity index is 0.749. The number of nitrogens with two attached hydrogens (primary N) is 1. The number of nitrogens with one attached hydrogen (secondary N) is 5. The van der Waals surface area contributed by atoms with Crippen molar-refractivity contribution in [2.45, 2.75) is 161 Å². The van der Waals surface area contributed by atoms with Gasteiger partial charge in [0.1, 0.15) is 29.9 Å². The molecule has 9 rings (SSSR count). The Bertz CT molecular complexity index is 3480. The topological polar surface area (TPSA) is 296 Å². The lowest BCUT2D eigenvalue weighted by Crippen LogP contribution is -2.57. The summed E-state index contributed by atoms with van der Waals surface area (Å²) in [6.07, 6.45) is 1.80. The minimum Gasteiger partial charge on any atom is -0.478 e. The number of ether oxygens (including phenoxy) is 1. The van der Waals surface area contributed by atoms with Crippen LogP contribution in [-0.2, 0) is 59.4 Å². The summed E-state index contributed by atoms with van der Waals surface area (Å²) in [6, 6.07) is 22.6. The average Bonchev–Trinajstić information content (AvgIpc) is 1.82. The van der Waals surface area contributed by atoms with Gasteiger partial charge in [-0.25, -0.2) is 9.78 Å². The molecule has 6 aromatic rings. The number of aliphatic hydroxyl groups is 1. The molecule has 0 aliphatic carbocycles. The number of benzene rings is 4. The largest absolute Gasteiger partial charge is 0.478 e. The molecule has 20 nitrogen and oxygen atoms in total. The van der Waals surface area contributed by atoms with Gasteiger partial charge in [0.25, 0.3) is 5.91 Å². The van der Waals surface area contributed by atoms with Gasteiger partial charge in [0.15, 0.2) is 0 Å². The molecule has 5 heterocycles. The van der Waals surface area contributed by atoms with Crippen LogP contribution >= 0.6 is 11.3 Å². The fourth-order valence-electron chi connectivity index (χ4n) is 11.6. The van der Waals surface area contributed by atoms with Gasteiger partial charge in [-0.1, -0.05) is 87.5 Å². The number of thiazole rings is 1. The van der Waals surface area contributed by atoms with Crippen molar-refractivity contribution in [3.8, 4) is 10.4 Å². The van der Waals surface area contributed by atoms with Crippen molar-refractivity contribution in [2.75, 3.05) is 11.4 Å². The van der Waals surface area contributed by atoms with Gasteiger partial charge < -0.3 is 51.8 Å². The molecule has 0 bridgehead atoms. The van der Waals surface area contributed by atoms with Gasteiger partial charge in [0.05, 0.1) is 58.2 Å².